The number of pyridine rings is 1. The largest absolute Gasteiger partial charge is 0.463 e. The lowest BCUT2D eigenvalue weighted by Gasteiger charge is -1.98. The summed E-state index contributed by atoms with van der Waals surface area (Å²) in [6.45, 7) is 4.07. The van der Waals surface area contributed by atoms with Crippen molar-refractivity contribution in [3.63, 3.8) is 0 Å². The Morgan fingerprint density at radius 1 is 1.67 bits per heavy atom. The number of ether oxygens (including phenoxy) is 1. The SMILES string of the molecule is CCOC(=O)/C=C/c1cnc(C)c(Br)c1. The molecule has 0 aliphatic carbocycles. The maximum atomic E-state index is 11.0. The molecule has 0 radical (unpaired) electrons. The Kier molecular flexibility index (Phi) is 4.49. The fourth-order valence-corrected chi connectivity index (χ4v) is 1.33. The Bertz CT molecular complexity index is 388. The normalized spacial score (nSPS) is 10.6. The lowest BCUT2D eigenvalue weighted by Crippen LogP contribution is -1.98. The van der Waals surface area contributed by atoms with E-state index in [4.69, 9.17) is 4.74 Å². The predicted molar refractivity (Wildman–Crippen MR) is 62.3 cm³/mol. The Balaban J connectivity index is 2.72. The van der Waals surface area contributed by atoms with E-state index in [2.05, 4.69) is 20.9 Å². The van der Waals surface area contributed by atoms with Gasteiger partial charge in [0.15, 0.2) is 0 Å². The molecule has 1 rings (SSSR count). The maximum Gasteiger partial charge on any atom is 0.330 e. The van der Waals surface area contributed by atoms with Crippen molar-refractivity contribution < 1.29 is 9.53 Å². The van der Waals surface area contributed by atoms with Crippen molar-refractivity contribution in [2.24, 2.45) is 0 Å². The highest BCUT2D eigenvalue weighted by Crippen LogP contribution is 2.15. The van der Waals surface area contributed by atoms with Gasteiger partial charge >= 0.3 is 5.97 Å². The summed E-state index contributed by atoms with van der Waals surface area (Å²) in [4.78, 5) is 15.2. The molecule has 1 aromatic heterocycles. The Morgan fingerprint density at radius 3 is 3.00 bits per heavy atom. The van der Waals surface area contributed by atoms with Crippen molar-refractivity contribution in [1.29, 1.82) is 0 Å². The predicted octanol–water partition coefficient (Wildman–Crippen LogP) is 2.73. The summed E-state index contributed by atoms with van der Waals surface area (Å²) in [5, 5.41) is 0. The number of halogens is 1. The van der Waals surface area contributed by atoms with Crippen LogP contribution >= 0.6 is 15.9 Å². The smallest absolute Gasteiger partial charge is 0.330 e. The lowest BCUT2D eigenvalue weighted by molar-refractivity contribution is -0.137. The van der Waals surface area contributed by atoms with Crippen LogP contribution in [-0.4, -0.2) is 17.6 Å². The topological polar surface area (TPSA) is 39.2 Å². The van der Waals surface area contributed by atoms with Crippen molar-refractivity contribution >= 4 is 28.0 Å². The average molecular weight is 270 g/mol. The quantitative estimate of drug-likeness (QED) is 0.626. The molecule has 80 valence electrons. The summed E-state index contributed by atoms with van der Waals surface area (Å²) in [5.74, 6) is -0.339. The highest BCUT2D eigenvalue weighted by atomic mass is 79.9. The maximum absolute atomic E-state index is 11.0. The van der Waals surface area contributed by atoms with Crippen LogP contribution in [0.15, 0.2) is 22.8 Å². The first-order chi connectivity index (χ1) is 7.13. The van der Waals surface area contributed by atoms with Gasteiger partial charge in [-0.25, -0.2) is 4.79 Å². The summed E-state index contributed by atoms with van der Waals surface area (Å²) < 4.78 is 5.68. The highest BCUT2D eigenvalue weighted by molar-refractivity contribution is 9.10. The average Bonchev–Trinajstić information content (AvgIpc) is 2.20. The Morgan fingerprint density at radius 2 is 2.40 bits per heavy atom. The van der Waals surface area contributed by atoms with E-state index in [0.717, 1.165) is 15.7 Å². The minimum atomic E-state index is -0.339. The van der Waals surface area contributed by atoms with E-state index in [1.165, 1.54) is 6.08 Å². The van der Waals surface area contributed by atoms with Gasteiger partial charge in [-0.15, -0.1) is 0 Å². The lowest BCUT2D eigenvalue weighted by atomic mass is 10.2. The second-order valence-corrected chi connectivity index (χ2v) is 3.78. The van der Waals surface area contributed by atoms with Gasteiger partial charge < -0.3 is 4.74 Å². The van der Waals surface area contributed by atoms with Crippen molar-refractivity contribution in [2.45, 2.75) is 13.8 Å². The molecule has 1 aromatic rings. The summed E-state index contributed by atoms with van der Waals surface area (Å²) in [6.07, 6.45) is 4.77. The van der Waals surface area contributed by atoms with Crippen LogP contribution in [0.2, 0.25) is 0 Å². The zero-order valence-corrected chi connectivity index (χ0v) is 10.2. The van der Waals surface area contributed by atoms with Crippen molar-refractivity contribution in [2.75, 3.05) is 6.61 Å². The van der Waals surface area contributed by atoms with Crippen LogP contribution in [0.3, 0.4) is 0 Å². The van der Waals surface area contributed by atoms with Crippen LogP contribution in [0.1, 0.15) is 18.2 Å². The molecular formula is C11H12BrNO2. The van der Waals surface area contributed by atoms with Gasteiger partial charge in [-0.2, -0.15) is 0 Å². The van der Waals surface area contributed by atoms with Gasteiger partial charge in [-0.3, -0.25) is 4.98 Å². The molecular weight excluding hydrogens is 258 g/mol. The Hall–Kier alpha value is -1.16. The van der Waals surface area contributed by atoms with Crippen LogP contribution < -0.4 is 0 Å². The molecule has 4 heteroatoms. The molecule has 0 atom stereocenters. The molecule has 1 heterocycles. The van der Waals surface area contributed by atoms with Crippen LogP contribution in [0.5, 0.6) is 0 Å². The molecule has 0 bridgehead atoms. The van der Waals surface area contributed by atoms with E-state index in [0.29, 0.717) is 6.61 Å². The molecule has 0 aromatic carbocycles. The van der Waals surface area contributed by atoms with Crippen molar-refractivity contribution in [3.8, 4) is 0 Å². The summed E-state index contributed by atoms with van der Waals surface area (Å²) in [5.41, 5.74) is 1.78. The third-order valence-corrected chi connectivity index (χ3v) is 2.55. The molecule has 0 spiro atoms. The van der Waals surface area contributed by atoms with Gasteiger partial charge in [-0.05, 0) is 47.5 Å². The van der Waals surface area contributed by atoms with Gasteiger partial charge in [0.1, 0.15) is 0 Å². The first-order valence-corrected chi connectivity index (χ1v) is 5.39. The van der Waals surface area contributed by atoms with E-state index in [9.17, 15) is 4.79 Å². The van der Waals surface area contributed by atoms with Crippen LogP contribution in [0.25, 0.3) is 6.08 Å². The van der Waals surface area contributed by atoms with Crippen molar-refractivity contribution in [1.82, 2.24) is 4.98 Å². The van der Waals surface area contributed by atoms with Gasteiger partial charge in [0.2, 0.25) is 0 Å². The van der Waals surface area contributed by atoms with E-state index in [1.807, 2.05) is 13.0 Å². The number of carbonyl (C=O) groups excluding carboxylic acids is 1. The minimum absolute atomic E-state index is 0.339. The molecule has 0 amide bonds. The number of hydrogen-bond donors (Lipinski definition) is 0. The molecule has 0 saturated heterocycles. The zero-order valence-electron chi connectivity index (χ0n) is 8.66. The number of esters is 1. The monoisotopic (exact) mass is 269 g/mol. The zero-order chi connectivity index (χ0) is 11.3. The van der Waals surface area contributed by atoms with E-state index < -0.39 is 0 Å². The van der Waals surface area contributed by atoms with Crippen LogP contribution in [-0.2, 0) is 9.53 Å². The molecule has 0 aliphatic heterocycles. The third kappa shape index (κ3) is 3.83. The molecule has 0 aliphatic rings. The number of aryl methyl sites for hydroxylation is 1. The van der Waals surface area contributed by atoms with Gasteiger partial charge in [0.05, 0.1) is 12.3 Å². The van der Waals surface area contributed by atoms with E-state index in [1.54, 1.807) is 19.2 Å². The standard InChI is InChI=1S/C11H12BrNO2/c1-3-15-11(14)5-4-9-6-10(12)8(2)13-7-9/h4-7H,3H2,1-2H3/b5-4+. The number of rotatable bonds is 3. The first-order valence-electron chi connectivity index (χ1n) is 4.60. The van der Waals surface area contributed by atoms with Gasteiger partial charge in [-0.1, -0.05) is 0 Å². The molecule has 15 heavy (non-hydrogen) atoms. The number of hydrogen-bond acceptors (Lipinski definition) is 3. The minimum Gasteiger partial charge on any atom is -0.463 e. The number of carbonyl (C=O) groups is 1. The van der Waals surface area contributed by atoms with Crippen molar-refractivity contribution in [3.05, 3.63) is 34.1 Å². The van der Waals surface area contributed by atoms with Crippen LogP contribution in [0.4, 0.5) is 0 Å². The van der Waals surface area contributed by atoms with Crippen LogP contribution in [0, 0.1) is 6.92 Å². The molecule has 3 nitrogen and oxygen atoms in total. The van der Waals surface area contributed by atoms with E-state index in [-0.39, 0.29) is 5.97 Å². The van der Waals surface area contributed by atoms with Gasteiger partial charge in [0.25, 0.3) is 0 Å². The fourth-order valence-electron chi connectivity index (χ4n) is 0.967. The summed E-state index contributed by atoms with van der Waals surface area (Å²) >= 11 is 3.37. The second-order valence-electron chi connectivity index (χ2n) is 2.92. The number of nitrogens with zero attached hydrogens (tertiary/aromatic N) is 1. The fraction of sp³-hybridized carbons (Fsp3) is 0.273. The third-order valence-electron chi connectivity index (χ3n) is 1.74. The molecule has 0 fully saturated rings. The highest BCUT2D eigenvalue weighted by Gasteiger charge is 1.97. The molecule has 0 saturated carbocycles. The summed E-state index contributed by atoms with van der Waals surface area (Å²) in [7, 11) is 0. The van der Waals surface area contributed by atoms with Gasteiger partial charge in [0, 0.05) is 16.7 Å². The first kappa shape index (κ1) is 11.9. The molecule has 0 unspecified atom stereocenters. The summed E-state index contributed by atoms with van der Waals surface area (Å²) in [6, 6.07) is 1.90. The van der Waals surface area contributed by atoms with E-state index >= 15 is 0 Å². The Labute approximate surface area is 97.3 Å². The molecule has 0 N–H and O–H groups in total. The number of aromatic nitrogens is 1. The second kappa shape index (κ2) is 5.66.